The summed E-state index contributed by atoms with van der Waals surface area (Å²) in [6.45, 7) is -0.719. The molecule has 1 unspecified atom stereocenters. The molecule has 7 heteroatoms. The molecule has 90 valence electrons. The van der Waals surface area contributed by atoms with E-state index in [1.165, 1.54) is 6.92 Å². The van der Waals surface area contributed by atoms with Crippen LogP contribution in [0.5, 0.6) is 0 Å². The minimum atomic E-state index is -4.38. The molecule has 0 aromatic heterocycles. The molecule has 0 rings (SSSR count). The van der Waals surface area contributed by atoms with Gasteiger partial charge in [0.2, 0.25) is 0 Å². The van der Waals surface area contributed by atoms with Gasteiger partial charge in [0.15, 0.2) is 0 Å². The van der Waals surface area contributed by atoms with Gasteiger partial charge in [-0.25, -0.2) is 0 Å². The summed E-state index contributed by atoms with van der Waals surface area (Å²) in [6.07, 6.45) is -4.38. The average Bonchev–Trinajstić information content (AvgIpc) is 2.00. The van der Waals surface area contributed by atoms with Crippen LogP contribution in [0, 0.1) is 5.92 Å². The van der Waals surface area contributed by atoms with Gasteiger partial charge in [0.05, 0.1) is 19.1 Å². The minimum Gasteiger partial charge on any atom is -0.481 e. The normalized spacial score (nSPS) is 14.3. The van der Waals surface area contributed by atoms with Crippen LogP contribution in [0.15, 0.2) is 0 Å². The van der Waals surface area contributed by atoms with Crippen LogP contribution in [0.2, 0.25) is 0 Å². The first kappa shape index (κ1) is 14.2. The van der Waals surface area contributed by atoms with E-state index in [9.17, 15) is 18.0 Å². The van der Waals surface area contributed by atoms with E-state index in [-0.39, 0.29) is 13.1 Å². The van der Waals surface area contributed by atoms with Crippen molar-refractivity contribution in [2.75, 3.05) is 26.2 Å². The molecule has 0 fully saturated rings. The van der Waals surface area contributed by atoms with Crippen molar-refractivity contribution in [1.82, 2.24) is 4.90 Å². The van der Waals surface area contributed by atoms with Crippen molar-refractivity contribution in [2.45, 2.75) is 13.1 Å². The number of hydrogen-bond acceptors (Lipinski definition) is 3. The molecule has 2 N–H and O–H groups in total. The van der Waals surface area contributed by atoms with E-state index in [4.69, 9.17) is 10.2 Å². The molecule has 15 heavy (non-hydrogen) atoms. The van der Waals surface area contributed by atoms with Gasteiger partial charge in [-0.3, -0.25) is 9.69 Å². The Balaban J connectivity index is 4.21. The zero-order valence-electron chi connectivity index (χ0n) is 8.29. The molecule has 0 saturated carbocycles. The summed E-state index contributed by atoms with van der Waals surface area (Å²) in [4.78, 5) is 11.3. The fourth-order valence-electron chi connectivity index (χ4n) is 1.10. The largest absolute Gasteiger partial charge is 0.481 e. The lowest BCUT2D eigenvalue weighted by Crippen LogP contribution is -2.40. The highest BCUT2D eigenvalue weighted by atomic mass is 19.4. The number of hydrogen-bond donors (Lipinski definition) is 2. The van der Waals surface area contributed by atoms with Gasteiger partial charge in [0.25, 0.3) is 0 Å². The van der Waals surface area contributed by atoms with Gasteiger partial charge in [-0.15, -0.1) is 0 Å². The molecular weight excluding hydrogens is 215 g/mol. The van der Waals surface area contributed by atoms with Crippen LogP contribution >= 0.6 is 0 Å². The second-order valence-electron chi connectivity index (χ2n) is 3.31. The van der Waals surface area contributed by atoms with Crippen molar-refractivity contribution in [2.24, 2.45) is 5.92 Å². The molecule has 0 amide bonds. The highest BCUT2D eigenvalue weighted by molar-refractivity contribution is 5.69. The molecule has 0 aliphatic carbocycles. The van der Waals surface area contributed by atoms with E-state index in [1.807, 2.05) is 0 Å². The molecule has 0 spiro atoms. The van der Waals surface area contributed by atoms with Crippen molar-refractivity contribution >= 4 is 5.97 Å². The number of rotatable bonds is 6. The Morgan fingerprint density at radius 2 is 2.00 bits per heavy atom. The van der Waals surface area contributed by atoms with Crippen molar-refractivity contribution in [3.8, 4) is 0 Å². The molecule has 0 aromatic carbocycles. The smallest absolute Gasteiger partial charge is 0.401 e. The number of aliphatic hydroxyl groups excluding tert-OH is 1. The second-order valence-corrected chi connectivity index (χ2v) is 3.31. The van der Waals surface area contributed by atoms with Gasteiger partial charge in [0.1, 0.15) is 0 Å². The topological polar surface area (TPSA) is 60.8 Å². The number of carbonyl (C=O) groups is 1. The summed E-state index contributed by atoms with van der Waals surface area (Å²) in [5.41, 5.74) is 0. The van der Waals surface area contributed by atoms with Crippen LogP contribution < -0.4 is 0 Å². The first-order valence-corrected chi connectivity index (χ1v) is 4.39. The third-order valence-electron chi connectivity index (χ3n) is 1.77. The van der Waals surface area contributed by atoms with E-state index in [2.05, 4.69) is 0 Å². The Labute approximate surface area is 85.3 Å². The Bertz CT molecular complexity index is 208. The molecule has 0 aromatic rings. The van der Waals surface area contributed by atoms with E-state index >= 15 is 0 Å². The Morgan fingerprint density at radius 1 is 1.47 bits per heavy atom. The maximum Gasteiger partial charge on any atom is 0.401 e. The van der Waals surface area contributed by atoms with Crippen molar-refractivity contribution in [1.29, 1.82) is 0 Å². The number of carboxylic acid groups (broad SMARTS) is 1. The van der Waals surface area contributed by atoms with E-state index in [1.54, 1.807) is 0 Å². The van der Waals surface area contributed by atoms with Crippen molar-refractivity contribution in [3.05, 3.63) is 0 Å². The monoisotopic (exact) mass is 229 g/mol. The highest BCUT2D eigenvalue weighted by Gasteiger charge is 2.31. The van der Waals surface area contributed by atoms with Crippen molar-refractivity contribution in [3.63, 3.8) is 0 Å². The van der Waals surface area contributed by atoms with Crippen LogP contribution in [0.25, 0.3) is 0 Å². The third kappa shape index (κ3) is 7.15. The standard InChI is InChI=1S/C8H14F3NO3/c1-6(7(14)15)4-12(2-3-13)5-8(9,10)11/h6,13H,2-5H2,1H3,(H,14,15). The average molecular weight is 229 g/mol. The van der Waals surface area contributed by atoms with E-state index < -0.39 is 31.2 Å². The van der Waals surface area contributed by atoms with Gasteiger partial charge in [-0.05, 0) is 0 Å². The lowest BCUT2D eigenvalue weighted by molar-refractivity contribution is -0.153. The van der Waals surface area contributed by atoms with Crippen LogP contribution in [0.3, 0.4) is 0 Å². The SMILES string of the molecule is CC(CN(CCO)CC(F)(F)F)C(=O)O. The summed E-state index contributed by atoms with van der Waals surface area (Å²) in [5, 5.41) is 17.1. The first-order chi connectivity index (χ1) is 6.76. The summed E-state index contributed by atoms with van der Waals surface area (Å²) in [7, 11) is 0. The zero-order chi connectivity index (χ0) is 12.1. The lowest BCUT2D eigenvalue weighted by atomic mass is 10.1. The Kier molecular flexibility index (Phi) is 5.59. The predicted molar refractivity (Wildman–Crippen MR) is 46.4 cm³/mol. The fourth-order valence-corrected chi connectivity index (χ4v) is 1.10. The molecule has 0 aliphatic heterocycles. The predicted octanol–water partition coefficient (Wildman–Crippen LogP) is 0.564. The second kappa shape index (κ2) is 5.92. The summed E-state index contributed by atoms with van der Waals surface area (Å²) in [6, 6.07) is 0. The number of nitrogens with zero attached hydrogens (tertiary/aromatic N) is 1. The summed E-state index contributed by atoms with van der Waals surface area (Å²) < 4.78 is 36.0. The van der Waals surface area contributed by atoms with Crippen LogP contribution in [0.4, 0.5) is 13.2 Å². The maximum absolute atomic E-state index is 12.0. The zero-order valence-corrected chi connectivity index (χ0v) is 8.29. The lowest BCUT2D eigenvalue weighted by Gasteiger charge is -2.24. The molecular formula is C8H14F3NO3. The number of aliphatic carboxylic acids is 1. The molecule has 4 nitrogen and oxygen atoms in total. The fraction of sp³-hybridized carbons (Fsp3) is 0.875. The maximum atomic E-state index is 12.0. The third-order valence-corrected chi connectivity index (χ3v) is 1.77. The molecule has 1 atom stereocenters. The van der Waals surface area contributed by atoms with E-state index in [0.29, 0.717) is 0 Å². The molecule has 0 saturated heterocycles. The number of halogens is 3. The van der Waals surface area contributed by atoms with Gasteiger partial charge < -0.3 is 10.2 Å². The molecule has 0 radical (unpaired) electrons. The number of carboxylic acids is 1. The van der Waals surface area contributed by atoms with Gasteiger partial charge >= 0.3 is 12.1 Å². The number of alkyl halides is 3. The highest BCUT2D eigenvalue weighted by Crippen LogP contribution is 2.17. The first-order valence-electron chi connectivity index (χ1n) is 4.39. The van der Waals surface area contributed by atoms with Crippen molar-refractivity contribution < 1.29 is 28.2 Å². The van der Waals surface area contributed by atoms with E-state index in [0.717, 1.165) is 4.90 Å². The molecule has 0 aliphatic rings. The molecule has 0 heterocycles. The van der Waals surface area contributed by atoms with Gasteiger partial charge in [-0.2, -0.15) is 13.2 Å². The quantitative estimate of drug-likeness (QED) is 0.698. The molecule has 0 bridgehead atoms. The minimum absolute atomic E-state index is 0.183. The summed E-state index contributed by atoms with van der Waals surface area (Å²) >= 11 is 0. The van der Waals surface area contributed by atoms with Gasteiger partial charge in [-0.1, -0.05) is 6.92 Å². The summed E-state index contributed by atoms with van der Waals surface area (Å²) in [5.74, 6) is -2.04. The Morgan fingerprint density at radius 3 is 2.33 bits per heavy atom. The van der Waals surface area contributed by atoms with Crippen LogP contribution in [0.1, 0.15) is 6.92 Å². The van der Waals surface area contributed by atoms with Crippen LogP contribution in [-0.2, 0) is 4.79 Å². The Hall–Kier alpha value is -0.820. The van der Waals surface area contributed by atoms with Gasteiger partial charge in [0, 0.05) is 13.1 Å². The number of aliphatic hydroxyl groups is 1. The van der Waals surface area contributed by atoms with Crippen LogP contribution in [-0.4, -0.2) is 53.5 Å².